The summed E-state index contributed by atoms with van der Waals surface area (Å²) in [5.74, 6) is 7.54. The van der Waals surface area contributed by atoms with Gasteiger partial charge in [-0.3, -0.25) is 0 Å². The Morgan fingerprint density at radius 1 is 1.13 bits per heavy atom. The van der Waals surface area contributed by atoms with Crippen LogP contribution in [0.3, 0.4) is 0 Å². The number of fused-ring (bicyclic) bond motifs is 1. The average Bonchev–Trinajstić information content (AvgIpc) is 2.70. The summed E-state index contributed by atoms with van der Waals surface area (Å²) in [6.45, 7) is 20.1. The molecule has 0 aliphatic carbocycles. The van der Waals surface area contributed by atoms with Crippen LogP contribution in [0.5, 0.6) is 5.75 Å². The second-order valence-corrected chi connectivity index (χ2v) is 13.5. The molecule has 0 radical (unpaired) electrons. The number of benzene rings is 1. The first-order valence-electron chi connectivity index (χ1n) is 10.6. The van der Waals surface area contributed by atoms with Gasteiger partial charge in [0.15, 0.2) is 0 Å². The fourth-order valence-corrected chi connectivity index (χ4v) is 3.70. The van der Waals surface area contributed by atoms with E-state index in [1.54, 1.807) is 7.11 Å². The lowest BCUT2D eigenvalue weighted by Crippen LogP contribution is -2.40. The summed E-state index contributed by atoms with van der Waals surface area (Å²) in [5, 5.41) is 0.982. The highest BCUT2D eigenvalue weighted by atomic mass is 28.4. The van der Waals surface area contributed by atoms with Crippen molar-refractivity contribution in [1.82, 2.24) is 4.98 Å². The number of ether oxygens (including phenoxy) is 3. The lowest BCUT2D eigenvalue weighted by atomic mass is 10.1. The first-order chi connectivity index (χ1) is 14.5. The molecule has 0 N–H and O–H groups in total. The molecule has 168 valence electrons. The number of pyridine rings is 1. The molecule has 5 nitrogen and oxygen atoms in total. The minimum atomic E-state index is -2.08. The molecule has 0 bridgehead atoms. The molecule has 2 rings (SSSR count). The SMILES string of the molecule is C=C(O[Si](C)(C)C(C)(C)C)c1cc2cc(OC)ccc2nc1C#CC(OCC)OCC. The maximum atomic E-state index is 6.48. The lowest BCUT2D eigenvalue weighted by Gasteiger charge is -2.37. The van der Waals surface area contributed by atoms with Crippen LogP contribution >= 0.6 is 0 Å². The number of rotatable bonds is 8. The van der Waals surface area contributed by atoms with E-state index in [1.807, 2.05) is 38.1 Å². The number of hydrogen-bond acceptors (Lipinski definition) is 5. The molecule has 0 unspecified atom stereocenters. The lowest BCUT2D eigenvalue weighted by molar-refractivity contribution is -0.0970. The van der Waals surface area contributed by atoms with Crippen molar-refractivity contribution in [2.45, 2.75) is 59.0 Å². The standard InChI is InChI=1S/C25H35NO4Si/c1-10-28-24(29-11-2)15-14-23-21(18(3)30-31(8,9)25(4,5)6)17-19-16-20(27-7)12-13-22(19)26-23/h12-13,16-17,24H,3,10-11H2,1-2,4-9H3. The minimum absolute atomic E-state index is 0.0459. The zero-order valence-corrected chi connectivity index (χ0v) is 21.1. The molecule has 31 heavy (non-hydrogen) atoms. The molecule has 1 aromatic carbocycles. The Labute approximate surface area is 187 Å². The predicted octanol–water partition coefficient (Wildman–Crippen LogP) is 5.99. The van der Waals surface area contributed by atoms with Crippen molar-refractivity contribution >= 4 is 25.0 Å². The van der Waals surface area contributed by atoms with Gasteiger partial charge < -0.3 is 18.6 Å². The average molecular weight is 442 g/mol. The van der Waals surface area contributed by atoms with Gasteiger partial charge >= 0.3 is 0 Å². The van der Waals surface area contributed by atoms with Gasteiger partial charge in [-0.2, -0.15) is 0 Å². The summed E-state index contributed by atoms with van der Waals surface area (Å²) >= 11 is 0. The van der Waals surface area contributed by atoms with Gasteiger partial charge in [-0.1, -0.05) is 27.4 Å². The van der Waals surface area contributed by atoms with Crippen molar-refractivity contribution in [2.24, 2.45) is 0 Å². The van der Waals surface area contributed by atoms with Gasteiger partial charge in [0.25, 0.3) is 0 Å². The molecule has 0 fully saturated rings. The van der Waals surface area contributed by atoms with Crippen molar-refractivity contribution in [3.8, 4) is 17.6 Å². The molecule has 2 aromatic rings. The largest absolute Gasteiger partial charge is 0.543 e. The Balaban J connectivity index is 2.57. The summed E-state index contributed by atoms with van der Waals surface area (Å²) in [5.41, 5.74) is 2.17. The van der Waals surface area contributed by atoms with E-state index in [2.05, 4.69) is 52.3 Å². The fourth-order valence-electron chi connectivity index (χ4n) is 2.67. The van der Waals surface area contributed by atoms with E-state index in [0.717, 1.165) is 22.2 Å². The van der Waals surface area contributed by atoms with Gasteiger partial charge in [0, 0.05) is 24.2 Å². The molecule has 0 spiro atoms. The molecular formula is C25H35NO4Si. The van der Waals surface area contributed by atoms with Crippen LogP contribution in [-0.2, 0) is 13.9 Å². The zero-order valence-electron chi connectivity index (χ0n) is 20.1. The number of methoxy groups -OCH3 is 1. The maximum Gasteiger partial charge on any atom is 0.250 e. The normalized spacial score (nSPS) is 11.9. The van der Waals surface area contributed by atoms with E-state index in [-0.39, 0.29) is 5.04 Å². The van der Waals surface area contributed by atoms with Crippen molar-refractivity contribution in [3.05, 3.63) is 42.1 Å². The molecule has 0 saturated carbocycles. The third-order valence-corrected chi connectivity index (χ3v) is 9.82. The van der Waals surface area contributed by atoms with Crippen LogP contribution in [0.15, 0.2) is 30.8 Å². The molecule has 1 aromatic heterocycles. The van der Waals surface area contributed by atoms with Crippen molar-refractivity contribution in [1.29, 1.82) is 0 Å². The first kappa shape index (κ1) is 24.9. The topological polar surface area (TPSA) is 49.8 Å². The minimum Gasteiger partial charge on any atom is -0.543 e. The van der Waals surface area contributed by atoms with Gasteiger partial charge in [0.1, 0.15) is 17.2 Å². The third-order valence-electron chi connectivity index (χ3n) is 5.45. The second kappa shape index (κ2) is 10.3. The Morgan fingerprint density at radius 3 is 2.32 bits per heavy atom. The van der Waals surface area contributed by atoms with Gasteiger partial charge in [-0.15, -0.1) is 0 Å². The molecule has 1 heterocycles. The smallest absolute Gasteiger partial charge is 0.250 e. The first-order valence-corrected chi connectivity index (χ1v) is 13.5. The number of aromatic nitrogens is 1. The van der Waals surface area contributed by atoms with E-state index in [4.69, 9.17) is 23.6 Å². The van der Waals surface area contributed by atoms with Crippen LogP contribution in [0.4, 0.5) is 0 Å². The van der Waals surface area contributed by atoms with Gasteiger partial charge in [0.2, 0.25) is 14.6 Å². The summed E-state index contributed by atoms with van der Waals surface area (Å²) in [4.78, 5) is 4.79. The molecule has 6 heteroatoms. The van der Waals surface area contributed by atoms with Crippen molar-refractivity contribution in [3.63, 3.8) is 0 Å². The Kier molecular flexibility index (Phi) is 8.30. The quantitative estimate of drug-likeness (QED) is 0.218. The van der Waals surface area contributed by atoms with E-state index in [0.29, 0.717) is 24.7 Å². The Hall–Kier alpha value is -2.33. The molecule has 0 aliphatic heterocycles. The monoisotopic (exact) mass is 441 g/mol. The summed E-state index contributed by atoms with van der Waals surface area (Å²) in [7, 11) is -0.429. The highest BCUT2D eigenvalue weighted by molar-refractivity contribution is 6.74. The van der Waals surface area contributed by atoms with Crippen LogP contribution in [-0.4, -0.2) is 39.9 Å². The molecule has 0 saturated heterocycles. The van der Waals surface area contributed by atoms with Gasteiger partial charge in [-0.05, 0) is 68.1 Å². The van der Waals surface area contributed by atoms with Crippen LogP contribution in [0.25, 0.3) is 16.7 Å². The fraction of sp³-hybridized carbons (Fsp3) is 0.480. The third kappa shape index (κ3) is 6.33. The Bertz CT molecular complexity index is 977. The van der Waals surface area contributed by atoms with Crippen LogP contribution in [0, 0.1) is 11.8 Å². The molecular weight excluding hydrogens is 406 g/mol. The predicted molar refractivity (Wildman–Crippen MR) is 130 cm³/mol. The summed E-state index contributed by atoms with van der Waals surface area (Å²) in [6, 6.07) is 7.77. The number of nitrogens with zero attached hydrogens (tertiary/aromatic N) is 1. The van der Waals surface area contributed by atoms with E-state index in [1.165, 1.54) is 0 Å². The van der Waals surface area contributed by atoms with Crippen LogP contribution < -0.4 is 4.74 Å². The maximum absolute atomic E-state index is 6.48. The van der Waals surface area contributed by atoms with Crippen LogP contribution in [0.1, 0.15) is 45.9 Å². The van der Waals surface area contributed by atoms with E-state index >= 15 is 0 Å². The van der Waals surface area contributed by atoms with Gasteiger partial charge in [-0.25, -0.2) is 4.98 Å². The molecule has 0 aliphatic rings. The van der Waals surface area contributed by atoms with Crippen molar-refractivity contribution in [2.75, 3.05) is 20.3 Å². The highest BCUT2D eigenvalue weighted by Crippen LogP contribution is 2.39. The Morgan fingerprint density at radius 2 is 1.77 bits per heavy atom. The van der Waals surface area contributed by atoms with Crippen molar-refractivity contribution < 1.29 is 18.6 Å². The second-order valence-electron chi connectivity index (χ2n) is 8.74. The van der Waals surface area contributed by atoms with Crippen LogP contribution in [0.2, 0.25) is 18.1 Å². The summed E-state index contributed by atoms with van der Waals surface area (Å²) in [6.07, 6.45) is -0.606. The molecule has 0 atom stereocenters. The zero-order chi connectivity index (χ0) is 23.2. The summed E-state index contributed by atoms with van der Waals surface area (Å²) < 4.78 is 23.0. The van der Waals surface area contributed by atoms with E-state index < -0.39 is 14.6 Å². The van der Waals surface area contributed by atoms with E-state index in [9.17, 15) is 0 Å². The van der Waals surface area contributed by atoms with Gasteiger partial charge in [0.05, 0.1) is 12.6 Å². The number of hydrogen-bond donors (Lipinski definition) is 0. The molecule has 0 amide bonds. The highest BCUT2D eigenvalue weighted by Gasteiger charge is 2.39.